The van der Waals surface area contributed by atoms with Crippen molar-refractivity contribution in [1.82, 2.24) is 20.2 Å². The maximum absolute atomic E-state index is 13.6. The number of amides is 2. The highest BCUT2D eigenvalue weighted by atomic mass is 32.2. The number of carbonyl (C=O) groups is 2. The molecule has 0 radical (unpaired) electrons. The number of hydrogen-bond donors (Lipinski definition) is 1. The van der Waals surface area contributed by atoms with Gasteiger partial charge in [0.1, 0.15) is 12.4 Å². The molecule has 0 aliphatic carbocycles. The summed E-state index contributed by atoms with van der Waals surface area (Å²) in [5.41, 5.74) is 3.05. The summed E-state index contributed by atoms with van der Waals surface area (Å²) in [7, 11) is 0. The summed E-state index contributed by atoms with van der Waals surface area (Å²) in [6.45, 7) is 1.81. The van der Waals surface area contributed by atoms with Gasteiger partial charge in [-0.15, -0.1) is 5.10 Å². The smallest absolute Gasteiger partial charge is 0.238 e. The third-order valence-electron chi connectivity index (χ3n) is 5.46. The Bertz CT molecular complexity index is 1360. The van der Waals surface area contributed by atoms with Crippen molar-refractivity contribution in [2.24, 2.45) is 0 Å². The van der Waals surface area contributed by atoms with Gasteiger partial charge in [-0.05, 0) is 46.3 Å². The first-order valence-corrected chi connectivity index (χ1v) is 12.0. The van der Waals surface area contributed by atoms with E-state index in [0.29, 0.717) is 28.9 Å². The Morgan fingerprint density at radius 1 is 1.06 bits per heavy atom. The number of tetrazole rings is 1. The van der Waals surface area contributed by atoms with E-state index in [1.165, 1.54) is 18.7 Å². The molecule has 9 nitrogen and oxygen atoms in total. The van der Waals surface area contributed by atoms with Crippen molar-refractivity contribution in [3.63, 3.8) is 0 Å². The monoisotopic (exact) mass is 486 g/mol. The predicted octanol–water partition coefficient (Wildman–Crippen LogP) is 3.88. The van der Waals surface area contributed by atoms with Gasteiger partial charge in [0, 0.05) is 12.6 Å². The van der Waals surface area contributed by atoms with Crippen LogP contribution in [-0.2, 0) is 9.59 Å². The van der Waals surface area contributed by atoms with Gasteiger partial charge in [-0.3, -0.25) is 14.5 Å². The van der Waals surface area contributed by atoms with Crippen molar-refractivity contribution in [3.8, 4) is 11.4 Å². The minimum absolute atomic E-state index is 0.0823. The van der Waals surface area contributed by atoms with Crippen molar-refractivity contribution in [3.05, 3.63) is 84.4 Å². The Kier molecular flexibility index (Phi) is 6.44. The Morgan fingerprint density at radius 3 is 2.69 bits per heavy atom. The van der Waals surface area contributed by atoms with E-state index in [2.05, 4.69) is 20.8 Å². The number of nitrogens with zero attached hydrogens (tertiary/aromatic N) is 5. The highest BCUT2D eigenvalue weighted by molar-refractivity contribution is 7.99. The molecule has 0 saturated heterocycles. The van der Waals surface area contributed by atoms with Gasteiger partial charge in [0.05, 0.1) is 23.2 Å². The predicted molar refractivity (Wildman–Crippen MR) is 133 cm³/mol. The largest absolute Gasteiger partial charge is 0.489 e. The molecule has 0 bridgehead atoms. The van der Waals surface area contributed by atoms with Crippen LogP contribution in [0.3, 0.4) is 0 Å². The van der Waals surface area contributed by atoms with Gasteiger partial charge >= 0.3 is 0 Å². The number of carbonyl (C=O) groups excluding carboxylic acids is 2. The molecule has 1 atom stereocenters. The molecule has 1 unspecified atom stereocenters. The third-order valence-corrected chi connectivity index (χ3v) is 6.37. The van der Waals surface area contributed by atoms with E-state index in [0.717, 1.165) is 11.3 Å². The van der Waals surface area contributed by atoms with E-state index in [9.17, 15) is 9.59 Å². The van der Waals surface area contributed by atoms with Crippen molar-refractivity contribution < 1.29 is 14.3 Å². The van der Waals surface area contributed by atoms with E-state index in [4.69, 9.17) is 4.74 Å². The second kappa shape index (κ2) is 9.98. The second-order valence-corrected chi connectivity index (χ2v) is 8.80. The molecule has 176 valence electrons. The van der Waals surface area contributed by atoms with Crippen LogP contribution in [0.2, 0.25) is 0 Å². The number of hydrogen-bond acceptors (Lipinski definition) is 7. The first kappa shape index (κ1) is 22.6. The topological polar surface area (TPSA) is 102 Å². The Hall–Kier alpha value is -4.18. The van der Waals surface area contributed by atoms with Gasteiger partial charge in [-0.25, -0.2) is 0 Å². The van der Waals surface area contributed by atoms with Crippen molar-refractivity contribution in [2.75, 3.05) is 22.6 Å². The molecule has 10 heteroatoms. The lowest BCUT2D eigenvalue weighted by molar-refractivity contribution is -0.117. The summed E-state index contributed by atoms with van der Waals surface area (Å²) < 4.78 is 7.52. The van der Waals surface area contributed by atoms with Crippen LogP contribution in [0.15, 0.2) is 84.0 Å². The minimum atomic E-state index is -0.246. The van der Waals surface area contributed by atoms with E-state index >= 15 is 0 Å². The Morgan fingerprint density at radius 2 is 1.86 bits per heavy atom. The third kappa shape index (κ3) is 4.87. The van der Waals surface area contributed by atoms with E-state index in [1.54, 1.807) is 27.8 Å². The molecule has 1 aromatic heterocycles. The fourth-order valence-corrected chi connectivity index (χ4v) is 4.71. The molecule has 5 rings (SSSR count). The summed E-state index contributed by atoms with van der Waals surface area (Å²) in [6.07, 6.45) is 0. The average Bonchev–Trinajstić information content (AvgIpc) is 3.35. The highest BCUT2D eigenvalue weighted by Crippen LogP contribution is 2.39. The van der Waals surface area contributed by atoms with Crippen molar-refractivity contribution in [1.29, 1.82) is 0 Å². The maximum Gasteiger partial charge on any atom is 0.238 e. The van der Waals surface area contributed by atoms with Crippen LogP contribution in [0.25, 0.3) is 5.69 Å². The van der Waals surface area contributed by atoms with Gasteiger partial charge < -0.3 is 10.1 Å². The van der Waals surface area contributed by atoms with Gasteiger partial charge in [0.25, 0.3) is 0 Å². The van der Waals surface area contributed by atoms with Gasteiger partial charge in [-0.2, -0.15) is 4.68 Å². The summed E-state index contributed by atoms with van der Waals surface area (Å²) in [5.74, 6) is 0.556. The molecule has 1 aliphatic rings. The zero-order chi connectivity index (χ0) is 24.2. The average molecular weight is 487 g/mol. The van der Waals surface area contributed by atoms with E-state index in [1.807, 2.05) is 60.7 Å². The lowest BCUT2D eigenvalue weighted by Gasteiger charge is -2.37. The molecule has 3 aromatic carbocycles. The van der Waals surface area contributed by atoms with Gasteiger partial charge in [0.2, 0.25) is 17.0 Å². The number of para-hydroxylation sites is 2. The highest BCUT2D eigenvalue weighted by Gasteiger charge is 2.33. The number of nitrogens with one attached hydrogen (secondary N) is 1. The number of rotatable bonds is 6. The maximum atomic E-state index is 13.6. The standard InChI is InChI=1S/C25H22N6O3S/c1-17(32)26-19-10-7-11-20(14-19)31-25(27-28-29-31)35-16-24(33)30-21-12-5-6-13-23(21)34-15-22(30)18-8-3-2-4-9-18/h2-14,22H,15-16H2,1H3,(H,26,32). The van der Waals surface area contributed by atoms with E-state index < -0.39 is 0 Å². The van der Waals surface area contributed by atoms with Crippen LogP contribution in [0.1, 0.15) is 18.5 Å². The summed E-state index contributed by atoms with van der Waals surface area (Å²) in [4.78, 5) is 26.8. The number of benzene rings is 3. The zero-order valence-electron chi connectivity index (χ0n) is 18.9. The molecule has 0 spiro atoms. The lowest BCUT2D eigenvalue weighted by atomic mass is 10.0. The first-order valence-electron chi connectivity index (χ1n) is 11.0. The van der Waals surface area contributed by atoms with Crippen LogP contribution in [0.4, 0.5) is 11.4 Å². The summed E-state index contributed by atoms with van der Waals surface area (Å²) in [6, 6.07) is 24.3. The van der Waals surface area contributed by atoms with Gasteiger partial charge in [-0.1, -0.05) is 60.3 Å². The minimum Gasteiger partial charge on any atom is -0.489 e. The fourth-order valence-electron chi connectivity index (χ4n) is 3.96. The summed E-state index contributed by atoms with van der Waals surface area (Å²) in [5, 5.41) is 15.2. The normalized spacial score (nSPS) is 14.7. The molecule has 35 heavy (non-hydrogen) atoms. The molecule has 2 amide bonds. The Labute approximate surface area is 206 Å². The Balaban J connectivity index is 1.38. The number of aromatic nitrogens is 4. The van der Waals surface area contributed by atoms with Crippen LogP contribution in [0, 0.1) is 0 Å². The molecular weight excluding hydrogens is 464 g/mol. The molecule has 1 aliphatic heterocycles. The number of thioether (sulfide) groups is 1. The number of fused-ring (bicyclic) bond motifs is 1. The van der Waals surface area contributed by atoms with Crippen LogP contribution < -0.4 is 15.0 Å². The van der Waals surface area contributed by atoms with Crippen LogP contribution in [0.5, 0.6) is 5.75 Å². The fraction of sp³-hybridized carbons (Fsp3) is 0.160. The molecule has 2 heterocycles. The molecule has 0 fully saturated rings. The van der Waals surface area contributed by atoms with Crippen LogP contribution in [-0.4, -0.2) is 44.4 Å². The number of anilines is 2. The lowest BCUT2D eigenvalue weighted by Crippen LogP contribution is -2.42. The molecular formula is C25H22N6O3S. The van der Waals surface area contributed by atoms with Gasteiger partial charge in [0.15, 0.2) is 0 Å². The van der Waals surface area contributed by atoms with Crippen LogP contribution >= 0.6 is 11.8 Å². The SMILES string of the molecule is CC(=O)Nc1cccc(-n2nnnc2SCC(=O)N2c3ccccc3OCC2c2ccccc2)c1. The molecule has 1 N–H and O–H groups in total. The van der Waals surface area contributed by atoms with E-state index in [-0.39, 0.29) is 23.6 Å². The van der Waals surface area contributed by atoms with Crippen molar-refractivity contribution in [2.45, 2.75) is 18.1 Å². The second-order valence-electron chi connectivity index (χ2n) is 7.86. The molecule has 0 saturated carbocycles. The number of ether oxygens (including phenoxy) is 1. The summed E-state index contributed by atoms with van der Waals surface area (Å²) >= 11 is 1.25. The zero-order valence-corrected chi connectivity index (χ0v) is 19.7. The molecule has 4 aromatic rings. The quantitative estimate of drug-likeness (QED) is 0.413. The first-order chi connectivity index (χ1) is 17.1. The van der Waals surface area contributed by atoms with Crippen molar-refractivity contribution >= 4 is 35.0 Å².